The van der Waals surface area contributed by atoms with Crippen LogP contribution in [0.1, 0.15) is 11.1 Å². The summed E-state index contributed by atoms with van der Waals surface area (Å²) in [6, 6.07) is 16.1. The molecule has 0 heterocycles. The van der Waals surface area contributed by atoms with Crippen molar-refractivity contribution in [2.75, 3.05) is 0 Å². The van der Waals surface area contributed by atoms with Crippen molar-refractivity contribution >= 4 is 27.5 Å². The summed E-state index contributed by atoms with van der Waals surface area (Å²) in [6.45, 7) is 0. The van der Waals surface area contributed by atoms with Crippen molar-refractivity contribution in [1.29, 1.82) is 0 Å². The summed E-state index contributed by atoms with van der Waals surface area (Å²) in [5.41, 5.74) is 1.59. The molecule has 0 unspecified atom stereocenters. The fraction of sp³-hybridized carbons (Fsp3) is 0.0667. The van der Waals surface area contributed by atoms with Crippen LogP contribution in [0.5, 0.6) is 0 Å². The molecule has 0 spiro atoms. The van der Waals surface area contributed by atoms with Gasteiger partial charge in [0.2, 0.25) is 0 Å². The maximum atomic E-state index is 11.9. The normalized spacial score (nSPS) is 11.8. The molecule has 0 aromatic heterocycles. The van der Waals surface area contributed by atoms with Gasteiger partial charge >= 0.3 is 0 Å². The van der Waals surface area contributed by atoms with Gasteiger partial charge in [-0.05, 0) is 29.3 Å². The third kappa shape index (κ3) is 4.54. The number of sulfone groups is 1. The van der Waals surface area contributed by atoms with Gasteiger partial charge in [0.15, 0.2) is 9.84 Å². The van der Waals surface area contributed by atoms with Gasteiger partial charge in [-0.15, -0.1) is 0 Å². The Bertz CT molecular complexity index is 659. The van der Waals surface area contributed by atoms with Crippen LogP contribution in [-0.2, 0) is 15.6 Å². The molecule has 0 atom stereocenters. The molecule has 0 bridgehead atoms. The van der Waals surface area contributed by atoms with Crippen LogP contribution < -0.4 is 0 Å². The molecule has 0 aliphatic heterocycles. The van der Waals surface area contributed by atoms with Crippen LogP contribution in [0.25, 0.3) is 6.08 Å². The van der Waals surface area contributed by atoms with E-state index in [1.54, 1.807) is 30.3 Å². The second-order valence-electron chi connectivity index (χ2n) is 4.15. The van der Waals surface area contributed by atoms with Crippen LogP contribution in [0.2, 0.25) is 5.02 Å². The van der Waals surface area contributed by atoms with Crippen molar-refractivity contribution in [2.24, 2.45) is 0 Å². The average Bonchev–Trinajstić information content (AvgIpc) is 2.40. The molecule has 4 heteroatoms. The van der Waals surface area contributed by atoms with Crippen molar-refractivity contribution in [3.8, 4) is 0 Å². The van der Waals surface area contributed by atoms with Crippen molar-refractivity contribution in [3.05, 3.63) is 76.2 Å². The lowest BCUT2D eigenvalue weighted by atomic mass is 10.2. The maximum absolute atomic E-state index is 11.9. The zero-order chi connectivity index (χ0) is 13.7. The fourth-order valence-electron chi connectivity index (χ4n) is 1.61. The molecule has 0 saturated carbocycles. The van der Waals surface area contributed by atoms with E-state index in [1.807, 2.05) is 30.3 Å². The monoisotopic (exact) mass is 292 g/mol. The van der Waals surface area contributed by atoms with E-state index in [4.69, 9.17) is 11.6 Å². The molecule has 19 heavy (non-hydrogen) atoms. The maximum Gasteiger partial charge on any atom is 0.175 e. The second kappa shape index (κ2) is 6.04. The second-order valence-corrected chi connectivity index (χ2v) is 6.47. The van der Waals surface area contributed by atoms with Gasteiger partial charge in [-0.1, -0.05) is 54.1 Å². The fourth-order valence-corrected chi connectivity index (χ4v) is 2.85. The van der Waals surface area contributed by atoms with E-state index in [0.717, 1.165) is 11.1 Å². The highest BCUT2D eigenvalue weighted by Crippen LogP contribution is 2.13. The molecule has 0 saturated heterocycles. The molecule has 0 radical (unpaired) electrons. The lowest BCUT2D eigenvalue weighted by Crippen LogP contribution is -1.99. The lowest BCUT2D eigenvalue weighted by molar-refractivity contribution is 0.604. The summed E-state index contributed by atoms with van der Waals surface area (Å²) in [5.74, 6) is -0.0203. The Morgan fingerprint density at radius 1 is 0.947 bits per heavy atom. The van der Waals surface area contributed by atoms with Crippen molar-refractivity contribution in [2.45, 2.75) is 5.75 Å². The van der Waals surface area contributed by atoms with Crippen molar-refractivity contribution in [3.63, 3.8) is 0 Å². The summed E-state index contributed by atoms with van der Waals surface area (Å²) in [4.78, 5) is 0. The number of rotatable bonds is 4. The third-order valence-electron chi connectivity index (χ3n) is 2.55. The summed E-state index contributed by atoms with van der Waals surface area (Å²) < 4.78 is 23.9. The van der Waals surface area contributed by atoms with Gasteiger partial charge in [0.25, 0.3) is 0 Å². The van der Waals surface area contributed by atoms with Gasteiger partial charge in [-0.25, -0.2) is 8.42 Å². The summed E-state index contributed by atoms with van der Waals surface area (Å²) in [5, 5.41) is 1.85. The topological polar surface area (TPSA) is 34.1 Å². The molecule has 0 fully saturated rings. The van der Waals surface area contributed by atoms with E-state index in [2.05, 4.69) is 0 Å². The highest BCUT2D eigenvalue weighted by molar-refractivity contribution is 7.93. The minimum Gasteiger partial charge on any atom is -0.224 e. The highest BCUT2D eigenvalue weighted by Gasteiger charge is 2.07. The van der Waals surface area contributed by atoms with Gasteiger partial charge in [-0.3, -0.25) is 0 Å². The van der Waals surface area contributed by atoms with Crippen LogP contribution in [-0.4, -0.2) is 8.42 Å². The average molecular weight is 293 g/mol. The molecule has 2 aromatic rings. The number of halogens is 1. The Labute approximate surface area is 118 Å². The summed E-state index contributed by atoms with van der Waals surface area (Å²) in [7, 11) is -3.27. The van der Waals surface area contributed by atoms with Crippen molar-refractivity contribution < 1.29 is 8.42 Å². The highest BCUT2D eigenvalue weighted by atomic mass is 35.5. The Hall–Kier alpha value is -1.58. The van der Waals surface area contributed by atoms with E-state index in [1.165, 1.54) is 5.41 Å². The molecule has 98 valence electrons. The molecule has 2 rings (SSSR count). The Kier molecular flexibility index (Phi) is 4.40. The van der Waals surface area contributed by atoms with Crippen LogP contribution in [0.4, 0.5) is 0 Å². The zero-order valence-electron chi connectivity index (χ0n) is 10.2. The molecule has 0 amide bonds. The van der Waals surface area contributed by atoms with E-state index >= 15 is 0 Å². The third-order valence-corrected chi connectivity index (χ3v) is 4.09. The van der Waals surface area contributed by atoms with Gasteiger partial charge in [0.1, 0.15) is 0 Å². The minimum atomic E-state index is -3.27. The lowest BCUT2D eigenvalue weighted by Gasteiger charge is -2.00. The first-order chi connectivity index (χ1) is 9.05. The molecular formula is C15H13ClO2S. The van der Waals surface area contributed by atoms with Gasteiger partial charge < -0.3 is 0 Å². The van der Waals surface area contributed by atoms with Crippen LogP contribution in [0.15, 0.2) is 60.0 Å². The van der Waals surface area contributed by atoms with Crippen LogP contribution >= 0.6 is 11.6 Å². The van der Waals surface area contributed by atoms with Gasteiger partial charge in [0, 0.05) is 10.4 Å². The molecule has 2 aromatic carbocycles. The molecule has 0 N–H and O–H groups in total. The smallest absolute Gasteiger partial charge is 0.175 e. The summed E-state index contributed by atoms with van der Waals surface area (Å²) in [6.07, 6.45) is 1.60. The Balaban J connectivity index is 2.11. The first-order valence-corrected chi connectivity index (χ1v) is 7.85. The molecule has 0 aliphatic rings. The first-order valence-electron chi connectivity index (χ1n) is 5.75. The van der Waals surface area contributed by atoms with Crippen molar-refractivity contribution in [1.82, 2.24) is 0 Å². The SMILES string of the molecule is O=S(=O)(/C=C/c1ccccc1)Cc1ccc(Cl)cc1. The zero-order valence-corrected chi connectivity index (χ0v) is 11.7. The largest absolute Gasteiger partial charge is 0.224 e. The molecule has 2 nitrogen and oxygen atoms in total. The standard InChI is InChI=1S/C15H13ClO2S/c16-15-8-6-14(7-9-15)12-19(17,18)11-10-13-4-2-1-3-5-13/h1-11H,12H2/b11-10+. The van der Waals surface area contributed by atoms with E-state index in [0.29, 0.717) is 5.02 Å². The van der Waals surface area contributed by atoms with Gasteiger partial charge in [0.05, 0.1) is 5.75 Å². The Morgan fingerprint density at radius 2 is 1.58 bits per heavy atom. The minimum absolute atomic E-state index is 0.0203. The van der Waals surface area contributed by atoms with E-state index in [9.17, 15) is 8.42 Å². The van der Waals surface area contributed by atoms with Crippen LogP contribution in [0, 0.1) is 0 Å². The molecule has 0 aliphatic carbocycles. The molecular weight excluding hydrogens is 280 g/mol. The van der Waals surface area contributed by atoms with E-state index < -0.39 is 9.84 Å². The number of benzene rings is 2. The predicted molar refractivity (Wildman–Crippen MR) is 79.6 cm³/mol. The predicted octanol–water partition coefficient (Wildman–Crippen LogP) is 3.93. The number of hydrogen-bond acceptors (Lipinski definition) is 2. The Morgan fingerprint density at radius 3 is 2.21 bits per heavy atom. The number of hydrogen-bond donors (Lipinski definition) is 0. The summed E-state index contributed by atoms with van der Waals surface area (Å²) >= 11 is 5.76. The quantitative estimate of drug-likeness (QED) is 0.856. The first kappa shape index (κ1) is 13.8. The van der Waals surface area contributed by atoms with E-state index in [-0.39, 0.29) is 5.75 Å². The van der Waals surface area contributed by atoms with Crippen LogP contribution in [0.3, 0.4) is 0 Å². The van der Waals surface area contributed by atoms with Gasteiger partial charge in [-0.2, -0.15) is 0 Å².